The quantitative estimate of drug-likeness (QED) is 0.233. The van der Waals surface area contributed by atoms with Gasteiger partial charge in [0.1, 0.15) is 5.82 Å². The molecule has 0 spiro atoms. The van der Waals surface area contributed by atoms with Crippen LogP contribution in [0.1, 0.15) is 139 Å². The van der Waals surface area contributed by atoms with Gasteiger partial charge in [0, 0.05) is 6.54 Å². The number of hydrogen-bond acceptors (Lipinski definition) is 1. The fourth-order valence-electron chi connectivity index (χ4n) is 7.92. The second-order valence-corrected chi connectivity index (χ2v) is 12.7. The van der Waals surface area contributed by atoms with Gasteiger partial charge in [-0.2, -0.15) is 0 Å². The Kier molecular flexibility index (Phi) is 11.1. The maximum atomic E-state index is 15.3. The average molecular weight is 510 g/mol. The van der Waals surface area contributed by atoms with Crippen LogP contribution in [-0.4, -0.2) is 12.5 Å². The van der Waals surface area contributed by atoms with Gasteiger partial charge in [0.25, 0.3) is 0 Å². The van der Waals surface area contributed by atoms with Crippen molar-refractivity contribution in [3.63, 3.8) is 0 Å². The highest BCUT2D eigenvalue weighted by Gasteiger charge is 2.32. The van der Waals surface area contributed by atoms with E-state index in [2.05, 4.69) is 31.0 Å². The van der Waals surface area contributed by atoms with Crippen molar-refractivity contribution in [3.05, 3.63) is 47.8 Å². The fourth-order valence-corrected chi connectivity index (χ4v) is 7.92. The first-order valence-electron chi connectivity index (χ1n) is 15.8. The standard InChI is InChI=1S/C34H52FNO/c1-3-5-6-7-25-8-12-27(13-9-25)28-16-18-29(19-17-28)31-20-21-32(33(35)24-31)30-14-10-26(11-15-30)22-23-36-34(37)4-2/h4,20-21,24-30H,2-3,5-19,22-23H2,1H3,(H,36,37). The first-order valence-corrected chi connectivity index (χ1v) is 15.8. The van der Waals surface area contributed by atoms with Crippen LogP contribution >= 0.6 is 0 Å². The van der Waals surface area contributed by atoms with Gasteiger partial charge in [-0.3, -0.25) is 4.79 Å². The van der Waals surface area contributed by atoms with E-state index < -0.39 is 0 Å². The van der Waals surface area contributed by atoms with Crippen molar-refractivity contribution < 1.29 is 9.18 Å². The van der Waals surface area contributed by atoms with Crippen molar-refractivity contribution >= 4 is 5.91 Å². The van der Waals surface area contributed by atoms with Gasteiger partial charge >= 0.3 is 0 Å². The molecule has 0 aromatic heterocycles. The van der Waals surface area contributed by atoms with E-state index in [1.165, 1.54) is 88.7 Å². The maximum absolute atomic E-state index is 15.3. The number of rotatable bonds is 11. The molecule has 3 fully saturated rings. The van der Waals surface area contributed by atoms with Gasteiger partial charge in [-0.05, 0) is 129 Å². The molecule has 3 saturated carbocycles. The molecule has 3 aliphatic rings. The number of carbonyl (C=O) groups is 1. The Balaban J connectivity index is 1.19. The number of benzene rings is 1. The molecule has 3 heteroatoms. The fraction of sp³-hybridized carbons (Fsp3) is 0.735. The predicted octanol–water partition coefficient (Wildman–Crippen LogP) is 9.45. The molecular weight excluding hydrogens is 457 g/mol. The molecule has 37 heavy (non-hydrogen) atoms. The summed E-state index contributed by atoms with van der Waals surface area (Å²) in [5.74, 6) is 4.34. The van der Waals surface area contributed by atoms with E-state index >= 15 is 4.39 Å². The molecule has 0 unspecified atom stereocenters. The van der Waals surface area contributed by atoms with E-state index in [4.69, 9.17) is 0 Å². The summed E-state index contributed by atoms with van der Waals surface area (Å²) in [5.41, 5.74) is 2.18. The molecule has 3 aliphatic carbocycles. The minimum atomic E-state index is -0.0929. The van der Waals surface area contributed by atoms with Crippen LogP contribution in [0.5, 0.6) is 0 Å². The number of unbranched alkanes of at least 4 members (excludes halogenated alkanes) is 2. The Morgan fingerprint density at radius 2 is 1.46 bits per heavy atom. The van der Waals surface area contributed by atoms with E-state index in [1.54, 1.807) is 0 Å². The van der Waals surface area contributed by atoms with E-state index in [1.807, 2.05) is 6.07 Å². The molecule has 1 aromatic rings. The van der Waals surface area contributed by atoms with Gasteiger partial charge in [0.05, 0.1) is 0 Å². The second-order valence-electron chi connectivity index (χ2n) is 12.7. The number of hydrogen-bond donors (Lipinski definition) is 1. The molecule has 1 aromatic carbocycles. The van der Waals surface area contributed by atoms with E-state index in [0.717, 1.165) is 55.4 Å². The first kappa shape index (κ1) is 28.4. The summed E-state index contributed by atoms with van der Waals surface area (Å²) in [6, 6.07) is 6.26. The number of amides is 1. The Labute approximate surface area is 226 Å². The molecule has 2 nitrogen and oxygen atoms in total. The lowest BCUT2D eigenvalue weighted by atomic mass is 9.68. The van der Waals surface area contributed by atoms with Crippen molar-refractivity contribution in [2.24, 2.45) is 23.7 Å². The van der Waals surface area contributed by atoms with E-state index in [9.17, 15) is 4.79 Å². The van der Waals surface area contributed by atoms with Gasteiger partial charge in [-0.1, -0.05) is 64.2 Å². The Bertz CT molecular complexity index is 841. The Morgan fingerprint density at radius 3 is 2.08 bits per heavy atom. The summed E-state index contributed by atoms with van der Waals surface area (Å²) in [5, 5.41) is 2.88. The lowest BCUT2D eigenvalue weighted by molar-refractivity contribution is -0.116. The van der Waals surface area contributed by atoms with Gasteiger partial charge in [0.2, 0.25) is 5.91 Å². The van der Waals surface area contributed by atoms with E-state index in [0.29, 0.717) is 24.3 Å². The highest BCUT2D eigenvalue weighted by atomic mass is 19.1. The highest BCUT2D eigenvalue weighted by Crippen LogP contribution is 2.45. The molecular formula is C34H52FNO. The molecule has 0 atom stereocenters. The molecule has 0 radical (unpaired) electrons. The lowest BCUT2D eigenvalue weighted by Gasteiger charge is -2.38. The largest absolute Gasteiger partial charge is 0.353 e. The zero-order chi connectivity index (χ0) is 26.0. The molecule has 0 saturated heterocycles. The normalized spacial score (nSPS) is 30.5. The minimum absolute atomic E-state index is 0.0303. The second kappa shape index (κ2) is 14.5. The van der Waals surface area contributed by atoms with Crippen LogP contribution in [0.2, 0.25) is 0 Å². The third-order valence-electron chi connectivity index (χ3n) is 10.4. The molecule has 0 bridgehead atoms. The summed E-state index contributed by atoms with van der Waals surface area (Å²) in [6.45, 7) is 6.52. The topological polar surface area (TPSA) is 29.1 Å². The van der Waals surface area contributed by atoms with Crippen molar-refractivity contribution in [1.29, 1.82) is 0 Å². The molecule has 1 amide bonds. The summed E-state index contributed by atoms with van der Waals surface area (Å²) >= 11 is 0. The third-order valence-corrected chi connectivity index (χ3v) is 10.4. The van der Waals surface area contributed by atoms with Crippen LogP contribution in [0.15, 0.2) is 30.9 Å². The summed E-state index contributed by atoms with van der Waals surface area (Å²) in [6.07, 6.45) is 23.4. The van der Waals surface area contributed by atoms with Crippen LogP contribution < -0.4 is 5.32 Å². The van der Waals surface area contributed by atoms with Gasteiger partial charge in [-0.15, -0.1) is 0 Å². The summed E-state index contributed by atoms with van der Waals surface area (Å²) in [4.78, 5) is 11.3. The van der Waals surface area contributed by atoms with Crippen LogP contribution in [0.25, 0.3) is 0 Å². The molecule has 206 valence electrons. The highest BCUT2D eigenvalue weighted by molar-refractivity contribution is 5.86. The van der Waals surface area contributed by atoms with Crippen molar-refractivity contribution in [2.75, 3.05) is 6.54 Å². The zero-order valence-corrected chi connectivity index (χ0v) is 23.5. The molecule has 1 N–H and O–H groups in total. The SMILES string of the molecule is C=CC(=O)NCCC1CCC(c2ccc(C3CCC(C4CCC(CCCCC)CC4)CC3)cc2F)CC1. The number of halogens is 1. The van der Waals surface area contributed by atoms with E-state index in [-0.39, 0.29) is 11.7 Å². The van der Waals surface area contributed by atoms with Crippen LogP contribution in [0, 0.1) is 29.5 Å². The Hall–Kier alpha value is -1.64. The smallest absolute Gasteiger partial charge is 0.243 e. The number of nitrogens with one attached hydrogen (secondary N) is 1. The molecule has 0 aliphatic heterocycles. The van der Waals surface area contributed by atoms with Crippen molar-refractivity contribution in [1.82, 2.24) is 5.32 Å². The van der Waals surface area contributed by atoms with Crippen molar-refractivity contribution in [3.8, 4) is 0 Å². The lowest BCUT2D eigenvalue weighted by Crippen LogP contribution is -2.25. The summed E-state index contributed by atoms with van der Waals surface area (Å²) < 4.78 is 15.3. The van der Waals surface area contributed by atoms with Crippen LogP contribution in [0.3, 0.4) is 0 Å². The molecule has 0 heterocycles. The molecule has 4 rings (SSSR count). The Morgan fingerprint density at radius 1 is 0.865 bits per heavy atom. The monoisotopic (exact) mass is 509 g/mol. The maximum Gasteiger partial charge on any atom is 0.243 e. The third kappa shape index (κ3) is 8.17. The number of carbonyl (C=O) groups excluding carboxylic acids is 1. The van der Waals surface area contributed by atoms with Gasteiger partial charge in [0.15, 0.2) is 0 Å². The first-order chi connectivity index (χ1) is 18.1. The average Bonchev–Trinajstić information content (AvgIpc) is 2.94. The minimum Gasteiger partial charge on any atom is -0.353 e. The van der Waals surface area contributed by atoms with Gasteiger partial charge in [-0.25, -0.2) is 4.39 Å². The predicted molar refractivity (Wildman–Crippen MR) is 153 cm³/mol. The van der Waals surface area contributed by atoms with Crippen molar-refractivity contribution in [2.45, 2.75) is 128 Å². The van der Waals surface area contributed by atoms with Crippen LogP contribution in [0.4, 0.5) is 4.39 Å². The van der Waals surface area contributed by atoms with Crippen LogP contribution in [-0.2, 0) is 4.79 Å². The summed E-state index contributed by atoms with van der Waals surface area (Å²) in [7, 11) is 0. The van der Waals surface area contributed by atoms with Gasteiger partial charge < -0.3 is 5.32 Å². The zero-order valence-electron chi connectivity index (χ0n) is 23.5.